The van der Waals surface area contributed by atoms with Crippen molar-refractivity contribution in [3.63, 3.8) is 0 Å². The van der Waals surface area contributed by atoms with Crippen molar-refractivity contribution in [2.75, 3.05) is 19.4 Å². The highest BCUT2D eigenvalue weighted by atomic mass is 32.2. The summed E-state index contributed by atoms with van der Waals surface area (Å²) >= 11 is 0. The van der Waals surface area contributed by atoms with E-state index >= 15 is 0 Å². The second kappa shape index (κ2) is 5.73. The van der Waals surface area contributed by atoms with Crippen molar-refractivity contribution in [1.82, 2.24) is 4.90 Å². The van der Waals surface area contributed by atoms with Crippen LogP contribution in [0, 0.1) is 0 Å². The molecule has 1 aromatic carbocycles. The molecule has 0 N–H and O–H groups in total. The van der Waals surface area contributed by atoms with Crippen molar-refractivity contribution in [3.05, 3.63) is 29.8 Å². The van der Waals surface area contributed by atoms with Crippen molar-refractivity contribution in [2.45, 2.75) is 43.9 Å². The van der Waals surface area contributed by atoms with Crippen LogP contribution < -0.4 is 0 Å². The summed E-state index contributed by atoms with van der Waals surface area (Å²) in [5, 5.41) is 0. The molecule has 1 heterocycles. The van der Waals surface area contributed by atoms with Gasteiger partial charge in [-0.05, 0) is 38.5 Å². The van der Waals surface area contributed by atoms with Gasteiger partial charge in [0.05, 0.1) is 12.7 Å². The van der Waals surface area contributed by atoms with Crippen molar-refractivity contribution >= 4 is 10.8 Å². The van der Waals surface area contributed by atoms with Crippen LogP contribution in [0.4, 0.5) is 0 Å². The Morgan fingerprint density at radius 1 is 1.37 bits per heavy atom. The Hall–Kier alpha value is -0.710. The van der Waals surface area contributed by atoms with E-state index in [9.17, 15) is 4.21 Å². The average Bonchev–Trinajstić information content (AvgIpc) is 2.35. The minimum Gasteiger partial charge on any atom is -0.375 e. The summed E-state index contributed by atoms with van der Waals surface area (Å²) in [5.41, 5.74) is 1.33. The van der Waals surface area contributed by atoms with Gasteiger partial charge in [-0.15, -0.1) is 0 Å². The second-order valence-corrected chi connectivity index (χ2v) is 7.29. The van der Waals surface area contributed by atoms with Crippen molar-refractivity contribution in [1.29, 1.82) is 0 Å². The Bertz CT molecular complexity index is 456. The molecule has 0 aromatic heterocycles. The molecule has 1 aliphatic heterocycles. The number of rotatable bonds is 3. The zero-order valence-electron chi connectivity index (χ0n) is 12.2. The summed E-state index contributed by atoms with van der Waals surface area (Å²) in [5.74, 6) is 0. The largest absolute Gasteiger partial charge is 0.375 e. The SMILES string of the molecule is CC1CN(Cc2ccc(S(C)=O)cc2)C(C)(C)CO1. The second-order valence-electron chi connectivity index (χ2n) is 5.91. The number of benzene rings is 1. The van der Waals surface area contributed by atoms with Gasteiger partial charge in [0.1, 0.15) is 0 Å². The van der Waals surface area contributed by atoms with Crippen LogP contribution in [0.25, 0.3) is 0 Å². The summed E-state index contributed by atoms with van der Waals surface area (Å²) in [6, 6.07) is 8.07. The van der Waals surface area contributed by atoms with Gasteiger partial charge >= 0.3 is 0 Å². The molecule has 3 nitrogen and oxygen atoms in total. The van der Waals surface area contributed by atoms with Crippen LogP contribution >= 0.6 is 0 Å². The van der Waals surface area contributed by atoms with Gasteiger partial charge < -0.3 is 4.74 Å². The number of hydrogen-bond donors (Lipinski definition) is 0. The summed E-state index contributed by atoms with van der Waals surface area (Å²) in [6.07, 6.45) is 2.00. The Labute approximate surface area is 118 Å². The predicted octanol–water partition coefficient (Wildman–Crippen LogP) is 2.42. The third kappa shape index (κ3) is 3.65. The van der Waals surface area contributed by atoms with Gasteiger partial charge in [0.2, 0.25) is 0 Å². The maximum Gasteiger partial charge on any atom is 0.0675 e. The number of morpholine rings is 1. The molecule has 0 bridgehead atoms. The first-order chi connectivity index (χ1) is 8.88. The van der Waals surface area contributed by atoms with Gasteiger partial charge in [-0.2, -0.15) is 0 Å². The Morgan fingerprint density at radius 3 is 2.58 bits per heavy atom. The van der Waals surface area contributed by atoms with E-state index in [1.54, 1.807) is 6.26 Å². The maximum absolute atomic E-state index is 11.4. The zero-order valence-corrected chi connectivity index (χ0v) is 13.0. The highest BCUT2D eigenvalue weighted by Crippen LogP contribution is 2.24. The van der Waals surface area contributed by atoms with E-state index in [2.05, 4.69) is 37.8 Å². The van der Waals surface area contributed by atoms with E-state index in [1.165, 1.54) is 5.56 Å². The summed E-state index contributed by atoms with van der Waals surface area (Å²) < 4.78 is 17.1. The van der Waals surface area contributed by atoms with Gasteiger partial charge in [0.15, 0.2) is 0 Å². The number of ether oxygens (including phenoxy) is 1. The van der Waals surface area contributed by atoms with E-state index in [0.29, 0.717) is 0 Å². The first-order valence-electron chi connectivity index (χ1n) is 6.67. The number of hydrogen-bond acceptors (Lipinski definition) is 3. The topological polar surface area (TPSA) is 29.5 Å². The molecular formula is C15H23NO2S. The molecule has 2 unspecified atom stereocenters. The lowest BCUT2D eigenvalue weighted by Gasteiger charge is -2.44. The molecule has 1 aromatic rings. The smallest absolute Gasteiger partial charge is 0.0675 e. The summed E-state index contributed by atoms with van der Waals surface area (Å²) in [6.45, 7) is 9.19. The fourth-order valence-electron chi connectivity index (χ4n) is 2.33. The molecule has 2 rings (SSSR count). The van der Waals surface area contributed by atoms with Gasteiger partial charge in [-0.1, -0.05) is 12.1 Å². The first kappa shape index (κ1) is 14.7. The van der Waals surface area contributed by atoms with Gasteiger partial charge in [-0.3, -0.25) is 9.11 Å². The van der Waals surface area contributed by atoms with Crippen LogP contribution in [0.15, 0.2) is 29.2 Å². The van der Waals surface area contributed by atoms with Crippen LogP contribution in [0.3, 0.4) is 0 Å². The molecule has 0 amide bonds. The molecule has 0 spiro atoms. The molecule has 1 fully saturated rings. The van der Waals surface area contributed by atoms with Crippen LogP contribution in [-0.4, -0.2) is 40.2 Å². The fourth-order valence-corrected chi connectivity index (χ4v) is 2.85. The van der Waals surface area contributed by atoms with Crippen molar-refractivity contribution < 1.29 is 8.95 Å². The van der Waals surface area contributed by atoms with Crippen LogP contribution in [0.5, 0.6) is 0 Å². The lowest BCUT2D eigenvalue weighted by Crippen LogP contribution is -2.54. The highest BCUT2D eigenvalue weighted by Gasteiger charge is 2.33. The minimum absolute atomic E-state index is 0.0682. The molecule has 19 heavy (non-hydrogen) atoms. The van der Waals surface area contributed by atoms with Gasteiger partial charge in [0.25, 0.3) is 0 Å². The molecule has 1 saturated heterocycles. The minimum atomic E-state index is -0.899. The Balaban J connectivity index is 2.08. The van der Waals surface area contributed by atoms with E-state index in [1.807, 2.05) is 12.1 Å². The lowest BCUT2D eigenvalue weighted by molar-refractivity contribution is -0.0949. The molecule has 4 heteroatoms. The third-order valence-corrected chi connectivity index (χ3v) is 4.62. The molecule has 0 radical (unpaired) electrons. The Morgan fingerprint density at radius 2 is 2.00 bits per heavy atom. The van der Waals surface area contributed by atoms with E-state index in [4.69, 9.17) is 4.74 Å². The average molecular weight is 281 g/mol. The molecular weight excluding hydrogens is 258 g/mol. The Kier molecular flexibility index (Phi) is 4.43. The van der Waals surface area contributed by atoms with Gasteiger partial charge in [0, 0.05) is 40.6 Å². The van der Waals surface area contributed by atoms with E-state index < -0.39 is 10.8 Å². The predicted molar refractivity (Wildman–Crippen MR) is 78.7 cm³/mol. The third-order valence-electron chi connectivity index (χ3n) is 3.68. The van der Waals surface area contributed by atoms with Crippen LogP contribution in [-0.2, 0) is 22.1 Å². The van der Waals surface area contributed by atoms with Crippen LogP contribution in [0.2, 0.25) is 0 Å². The zero-order chi connectivity index (χ0) is 14.0. The van der Waals surface area contributed by atoms with E-state index in [-0.39, 0.29) is 11.6 Å². The number of nitrogens with zero attached hydrogens (tertiary/aromatic N) is 1. The normalized spacial score (nSPS) is 25.2. The maximum atomic E-state index is 11.4. The molecule has 1 aliphatic rings. The monoisotopic (exact) mass is 281 g/mol. The summed E-state index contributed by atoms with van der Waals surface area (Å²) in [7, 11) is -0.899. The van der Waals surface area contributed by atoms with Crippen molar-refractivity contribution in [2.24, 2.45) is 0 Å². The summed E-state index contributed by atoms with van der Waals surface area (Å²) in [4.78, 5) is 3.34. The van der Waals surface area contributed by atoms with Crippen molar-refractivity contribution in [3.8, 4) is 0 Å². The highest BCUT2D eigenvalue weighted by molar-refractivity contribution is 7.84. The standard InChI is InChI=1S/C15H23NO2S/c1-12-9-16(15(2,3)11-18-12)10-13-5-7-14(8-6-13)19(4)17/h5-8,12H,9-11H2,1-4H3. The fraction of sp³-hybridized carbons (Fsp3) is 0.600. The molecule has 0 aliphatic carbocycles. The van der Waals surface area contributed by atoms with Gasteiger partial charge in [-0.25, -0.2) is 0 Å². The molecule has 2 atom stereocenters. The van der Waals surface area contributed by atoms with Crippen LogP contribution in [0.1, 0.15) is 26.3 Å². The molecule has 106 valence electrons. The van der Waals surface area contributed by atoms with E-state index in [0.717, 1.165) is 24.6 Å². The first-order valence-corrected chi connectivity index (χ1v) is 8.23. The quantitative estimate of drug-likeness (QED) is 0.852. The lowest BCUT2D eigenvalue weighted by atomic mass is 10.00. The molecule has 0 saturated carbocycles.